The van der Waals surface area contributed by atoms with E-state index in [4.69, 9.17) is 13.9 Å². The monoisotopic (exact) mass is 820 g/mol. The first-order chi connectivity index (χ1) is 28.8. The molecule has 11 heteroatoms. The molecule has 0 atom stereocenters. The van der Waals surface area contributed by atoms with Crippen LogP contribution in [-0.4, -0.2) is 37.8 Å². The Morgan fingerprint density at radius 1 is 0.721 bits per heavy atom. The maximum absolute atomic E-state index is 14.6. The van der Waals surface area contributed by atoms with Crippen LogP contribution < -0.4 is 10.4 Å². The first-order valence-electron chi connectivity index (χ1n) is 19.5. The number of nitrogens with zero attached hydrogens (tertiary/aromatic N) is 4. The lowest BCUT2D eigenvalue weighted by Gasteiger charge is -2.21. The average Bonchev–Trinajstić information content (AvgIpc) is 3.71. The Morgan fingerprint density at radius 2 is 1.30 bits per heavy atom. The van der Waals surface area contributed by atoms with Gasteiger partial charge in [0.25, 0.3) is 0 Å². The van der Waals surface area contributed by atoms with Crippen molar-refractivity contribution in [1.82, 2.24) is 19.1 Å². The van der Waals surface area contributed by atoms with Gasteiger partial charge >= 0.3 is 11.6 Å². The summed E-state index contributed by atoms with van der Waals surface area (Å²) in [6.45, 7) is 9.88. The Kier molecular flexibility index (Phi) is 11.6. The van der Waals surface area contributed by atoms with Crippen molar-refractivity contribution >= 4 is 49.8 Å². The Hall–Kier alpha value is -7.14. The molecule has 0 saturated heterocycles. The van der Waals surface area contributed by atoms with Crippen LogP contribution in [0.1, 0.15) is 60.9 Å². The number of aromatic nitrogens is 4. The van der Waals surface area contributed by atoms with E-state index in [-0.39, 0.29) is 32.2 Å². The smallest absolute Gasteiger partial charge is 0.362 e. The van der Waals surface area contributed by atoms with Crippen molar-refractivity contribution in [3.63, 3.8) is 0 Å². The molecule has 9 nitrogen and oxygen atoms in total. The topological polar surface area (TPSA) is 101 Å². The summed E-state index contributed by atoms with van der Waals surface area (Å²) in [5, 5.41) is 3.35. The van der Waals surface area contributed by atoms with Crippen LogP contribution in [0.25, 0.3) is 54.9 Å². The van der Waals surface area contributed by atoms with E-state index < -0.39 is 17.2 Å². The standard InChI is InChI=1S/C27H27FN2O3.C22H15FN2O2.CH4/c1-17-12-13-22-20(15-17)23(19-10-8-14-29-25(19)32-5)24(26(31)33-27(2,3)4)30(22)16-18-9-6-7-11-21(18)28;1-13-8-9-18-16(11-13)19-15-6-4-10-24-21(15)27-22(26)20(19)25(18)12-14-5-2-3-7-17(14)23;/h6-15H,16H2,1-5H3;2-11H,12H2,1H3;1H4. The fourth-order valence-corrected chi connectivity index (χ4v) is 7.70. The zero-order valence-corrected chi connectivity index (χ0v) is 34.0. The molecule has 0 fully saturated rings. The largest absolute Gasteiger partial charge is 0.481 e. The van der Waals surface area contributed by atoms with Crippen LogP contribution in [0.15, 0.2) is 131 Å². The van der Waals surface area contributed by atoms with Crippen molar-refractivity contribution < 1.29 is 27.5 Å². The SMILES string of the molecule is C.COc1ncccc1-c1c(C(=O)OC(C)(C)C)n(Cc2ccccc2F)c2ccc(C)cc12.Cc1ccc2c(c1)c1c3cccnc3oc(=O)c1n2Cc1ccccc1F. The van der Waals surface area contributed by atoms with Crippen molar-refractivity contribution in [1.29, 1.82) is 0 Å². The number of methoxy groups -OCH3 is 1. The molecular weight excluding hydrogens is 775 g/mol. The minimum absolute atomic E-state index is 0. The van der Waals surface area contributed by atoms with Crippen LogP contribution >= 0.6 is 0 Å². The number of hydrogen-bond acceptors (Lipinski definition) is 7. The third-order valence-corrected chi connectivity index (χ3v) is 10.3. The lowest BCUT2D eigenvalue weighted by molar-refractivity contribution is 0.00595. The summed E-state index contributed by atoms with van der Waals surface area (Å²) in [6, 6.07) is 32.5. The summed E-state index contributed by atoms with van der Waals surface area (Å²) in [7, 11) is 1.54. The van der Waals surface area contributed by atoms with Crippen LogP contribution in [0.3, 0.4) is 0 Å². The first kappa shape index (κ1) is 42.0. The minimum atomic E-state index is -0.706. The number of aryl methyl sites for hydroxylation is 2. The first-order valence-corrected chi connectivity index (χ1v) is 19.5. The molecule has 9 rings (SSSR count). The predicted molar refractivity (Wildman–Crippen MR) is 237 cm³/mol. The molecule has 0 aliphatic rings. The summed E-state index contributed by atoms with van der Waals surface area (Å²) < 4.78 is 49.4. The summed E-state index contributed by atoms with van der Waals surface area (Å²) in [5.41, 5.74) is 5.99. The van der Waals surface area contributed by atoms with E-state index in [1.54, 1.807) is 62.0 Å². The molecule has 0 aliphatic heterocycles. The molecule has 310 valence electrons. The third kappa shape index (κ3) is 8.11. The molecular formula is C50H46F2N4O5. The number of carbonyl (C=O) groups excluding carboxylic acids is 1. The number of benzene rings is 4. The number of fused-ring (bicyclic) bond motifs is 6. The van der Waals surface area contributed by atoms with E-state index in [2.05, 4.69) is 9.97 Å². The number of hydrogen-bond donors (Lipinski definition) is 0. The minimum Gasteiger partial charge on any atom is -0.481 e. The molecule has 0 unspecified atom stereocenters. The Bertz CT molecular complexity index is 3160. The van der Waals surface area contributed by atoms with Gasteiger partial charge in [0, 0.05) is 67.2 Å². The highest BCUT2D eigenvalue weighted by molar-refractivity contribution is 6.18. The molecule has 0 aliphatic carbocycles. The maximum Gasteiger partial charge on any atom is 0.362 e. The molecule has 5 aromatic heterocycles. The molecule has 0 N–H and O–H groups in total. The van der Waals surface area contributed by atoms with Crippen molar-refractivity contribution in [3.8, 4) is 17.0 Å². The van der Waals surface area contributed by atoms with Gasteiger partial charge in [-0.1, -0.05) is 67.1 Å². The van der Waals surface area contributed by atoms with E-state index >= 15 is 0 Å². The third-order valence-electron chi connectivity index (χ3n) is 10.3. The Labute approximate surface area is 351 Å². The molecule has 0 radical (unpaired) electrons. The lowest BCUT2D eigenvalue weighted by atomic mass is 10.0. The number of halogens is 2. The highest BCUT2D eigenvalue weighted by Gasteiger charge is 2.30. The van der Waals surface area contributed by atoms with Gasteiger partial charge in [-0.3, -0.25) is 0 Å². The second-order valence-corrected chi connectivity index (χ2v) is 15.7. The van der Waals surface area contributed by atoms with Gasteiger partial charge in [0.2, 0.25) is 11.6 Å². The predicted octanol–water partition coefficient (Wildman–Crippen LogP) is 11.6. The molecule has 0 spiro atoms. The van der Waals surface area contributed by atoms with E-state index in [1.165, 1.54) is 12.1 Å². The number of rotatable bonds is 7. The lowest BCUT2D eigenvalue weighted by Crippen LogP contribution is -2.26. The van der Waals surface area contributed by atoms with Gasteiger partial charge < -0.3 is 23.0 Å². The van der Waals surface area contributed by atoms with E-state index in [0.29, 0.717) is 45.1 Å². The van der Waals surface area contributed by atoms with Gasteiger partial charge in [-0.2, -0.15) is 0 Å². The summed E-state index contributed by atoms with van der Waals surface area (Å²) in [5.74, 6) is -0.726. The van der Waals surface area contributed by atoms with Crippen molar-refractivity contribution in [2.45, 2.75) is 60.7 Å². The second-order valence-electron chi connectivity index (χ2n) is 15.7. The highest BCUT2D eigenvalue weighted by atomic mass is 19.1. The fraction of sp³-hybridized carbons (Fsp3) is 0.200. The zero-order valence-electron chi connectivity index (χ0n) is 34.0. The normalized spacial score (nSPS) is 11.4. The van der Waals surface area contributed by atoms with E-state index in [0.717, 1.165) is 43.7 Å². The average molecular weight is 821 g/mol. The van der Waals surface area contributed by atoms with Crippen LogP contribution in [0, 0.1) is 25.5 Å². The molecule has 5 heterocycles. The molecule has 61 heavy (non-hydrogen) atoms. The van der Waals surface area contributed by atoms with Crippen molar-refractivity contribution in [3.05, 3.63) is 172 Å². The quantitative estimate of drug-likeness (QED) is 0.148. The number of carbonyl (C=O) groups is 1. The molecule has 9 aromatic rings. The van der Waals surface area contributed by atoms with Crippen LogP contribution in [0.5, 0.6) is 5.88 Å². The maximum atomic E-state index is 14.6. The highest BCUT2D eigenvalue weighted by Crippen LogP contribution is 2.41. The van der Waals surface area contributed by atoms with Gasteiger partial charge in [0.1, 0.15) is 28.4 Å². The molecule has 0 saturated carbocycles. The number of ether oxygens (including phenoxy) is 2. The van der Waals surface area contributed by atoms with Gasteiger partial charge in [-0.25, -0.2) is 28.3 Å². The summed E-state index contributed by atoms with van der Waals surface area (Å²) in [6.07, 6.45) is 3.24. The van der Waals surface area contributed by atoms with Crippen LogP contribution in [-0.2, 0) is 17.8 Å². The summed E-state index contributed by atoms with van der Waals surface area (Å²) in [4.78, 5) is 35.0. The van der Waals surface area contributed by atoms with Gasteiger partial charge in [-0.15, -0.1) is 0 Å². The Balaban J connectivity index is 0.000000184. The number of esters is 1. The second kappa shape index (κ2) is 16.8. The van der Waals surface area contributed by atoms with Gasteiger partial charge in [-0.05, 0) is 95.3 Å². The van der Waals surface area contributed by atoms with Gasteiger partial charge in [0.15, 0.2) is 0 Å². The van der Waals surface area contributed by atoms with Crippen LogP contribution in [0.4, 0.5) is 8.78 Å². The van der Waals surface area contributed by atoms with Gasteiger partial charge in [0.05, 0.1) is 20.2 Å². The van der Waals surface area contributed by atoms with Crippen molar-refractivity contribution in [2.75, 3.05) is 7.11 Å². The van der Waals surface area contributed by atoms with Crippen molar-refractivity contribution in [2.24, 2.45) is 0 Å². The molecule has 0 amide bonds. The van der Waals surface area contributed by atoms with E-state index in [1.807, 2.05) is 98.4 Å². The zero-order chi connectivity index (χ0) is 42.3. The Morgan fingerprint density at radius 3 is 1.92 bits per heavy atom. The molecule has 0 bridgehead atoms. The fourth-order valence-electron chi connectivity index (χ4n) is 7.70. The number of pyridine rings is 2. The molecule has 4 aromatic carbocycles. The van der Waals surface area contributed by atoms with Crippen LogP contribution in [0.2, 0.25) is 0 Å². The summed E-state index contributed by atoms with van der Waals surface area (Å²) >= 11 is 0. The van der Waals surface area contributed by atoms with E-state index in [9.17, 15) is 18.4 Å².